The van der Waals surface area contributed by atoms with Crippen molar-refractivity contribution in [1.29, 1.82) is 0 Å². The molecule has 0 saturated carbocycles. The third-order valence-corrected chi connectivity index (χ3v) is 6.05. The summed E-state index contributed by atoms with van der Waals surface area (Å²) in [5, 5.41) is 2.75. The summed E-state index contributed by atoms with van der Waals surface area (Å²) in [7, 11) is -3.99. The molecule has 1 rings (SSSR count). The Morgan fingerprint density at radius 1 is 1.38 bits per heavy atom. The van der Waals surface area contributed by atoms with E-state index in [0.29, 0.717) is 19.4 Å². The fraction of sp³-hybridized carbons (Fsp3) is 0.643. The predicted molar refractivity (Wildman–Crippen MR) is 89.7 cm³/mol. The number of amides is 1. The second-order valence-corrected chi connectivity index (χ2v) is 8.97. The van der Waals surface area contributed by atoms with E-state index in [2.05, 4.69) is 5.32 Å². The van der Waals surface area contributed by atoms with Crippen LogP contribution in [0.3, 0.4) is 0 Å². The number of rotatable bonds is 10. The average molecular weight is 383 g/mol. The van der Waals surface area contributed by atoms with Crippen molar-refractivity contribution in [2.24, 2.45) is 11.7 Å². The van der Waals surface area contributed by atoms with Crippen molar-refractivity contribution >= 4 is 27.3 Å². The van der Waals surface area contributed by atoms with Crippen molar-refractivity contribution in [1.82, 2.24) is 10.0 Å². The van der Waals surface area contributed by atoms with Gasteiger partial charge >= 0.3 is 0 Å². The van der Waals surface area contributed by atoms with Crippen LogP contribution in [0, 0.1) is 5.92 Å². The molecule has 0 fully saturated rings. The Morgan fingerprint density at radius 2 is 2.04 bits per heavy atom. The molecule has 10 heteroatoms. The minimum absolute atomic E-state index is 0.0428. The molecule has 1 amide bonds. The van der Waals surface area contributed by atoms with Crippen LogP contribution in [0.15, 0.2) is 16.3 Å². The zero-order valence-electron chi connectivity index (χ0n) is 13.6. The molecule has 1 heterocycles. The van der Waals surface area contributed by atoms with Gasteiger partial charge in [-0.1, -0.05) is 13.8 Å². The van der Waals surface area contributed by atoms with Crippen molar-refractivity contribution in [3.05, 3.63) is 17.0 Å². The highest BCUT2D eigenvalue weighted by molar-refractivity contribution is 7.91. The summed E-state index contributed by atoms with van der Waals surface area (Å²) in [6.07, 6.45) is 0.909. The first kappa shape index (κ1) is 20.9. The first-order valence-electron chi connectivity index (χ1n) is 7.49. The van der Waals surface area contributed by atoms with Crippen LogP contribution in [0.25, 0.3) is 0 Å². The molecule has 0 spiro atoms. The van der Waals surface area contributed by atoms with Gasteiger partial charge in [0.2, 0.25) is 15.9 Å². The molecule has 138 valence electrons. The third-order valence-electron chi connectivity index (χ3n) is 3.01. The molecule has 1 aromatic heterocycles. The number of sulfonamides is 1. The number of alkyl halides is 2. The highest BCUT2D eigenvalue weighted by atomic mass is 32.2. The molecular weight excluding hydrogens is 360 g/mol. The van der Waals surface area contributed by atoms with Gasteiger partial charge in [-0.2, -0.15) is 0 Å². The van der Waals surface area contributed by atoms with Gasteiger partial charge in [0.15, 0.2) is 0 Å². The van der Waals surface area contributed by atoms with Gasteiger partial charge in [-0.05, 0) is 24.5 Å². The average Bonchev–Trinajstić information content (AvgIpc) is 2.94. The molecule has 0 atom stereocenters. The summed E-state index contributed by atoms with van der Waals surface area (Å²) in [4.78, 5) is 12.3. The molecule has 0 aliphatic heterocycles. The number of halogens is 2. The molecule has 0 aromatic carbocycles. The summed E-state index contributed by atoms with van der Waals surface area (Å²) in [5.74, 6) is -3.07. The van der Waals surface area contributed by atoms with Crippen LogP contribution in [0.4, 0.5) is 8.78 Å². The van der Waals surface area contributed by atoms with Gasteiger partial charge in [0.1, 0.15) is 4.21 Å². The summed E-state index contributed by atoms with van der Waals surface area (Å²) < 4.78 is 51.8. The molecule has 0 aliphatic carbocycles. The van der Waals surface area contributed by atoms with E-state index in [1.807, 2.05) is 18.6 Å². The lowest BCUT2D eigenvalue weighted by Gasteiger charge is -2.14. The fourth-order valence-corrected chi connectivity index (χ4v) is 4.21. The second-order valence-electron chi connectivity index (χ2n) is 5.80. The van der Waals surface area contributed by atoms with E-state index in [9.17, 15) is 22.0 Å². The monoisotopic (exact) mass is 383 g/mol. The maximum Gasteiger partial charge on any atom is 0.273 e. The van der Waals surface area contributed by atoms with Gasteiger partial charge < -0.3 is 11.1 Å². The van der Waals surface area contributed by atoms with E-state index in [1.165, 1.54) is 6.07 Å². The highest BCUT2D eigenvalue weighted by Gasteiger charge is 2.29. The molecule has 6 nitrogen and oxygen atoms in total. The zero-order chi connectivity index (χ0) is 18.4. The van der Waals surface area contributed by atoms with Crippen molar-refractivity contribution in [2.75, 3.05) is 19.6 Å². The minimum atomic E-state index is -3.99. The molecule has 0 unspecified atom stereocenters. The Hall–Kier alpha value is -1.10. The standard InChI is InChI=1S/C14H23F2N3O3S2/c1-10(2)7-12(20)18-6-5-11-3-4-13(23-11)24(21,22)19-9-14(15,16)8-17/h3-4,10,19H,5-9,17H2,1-2H3,(H,18,20). The van der Waals surface area contributed by atoms with Gasteiger partial charge in [-0.3, -0.25) is 4.79 Å². The first-order valence-corrected chi connectivity index (χ1v) is 9.78. The van der Waals surface area contributed by atoms with Crippen LogP contribution >= 0.6 is 11.3 Å². The van der Waals surface area contributed by atoms with Gasteiger partial charge in [-0.25, -0.2) is 21.9 Å². The van der Waals surface area contributed by atoms with Crippen LogP contribution in [0.1, 0.15) is 25.1 Å². The Balaban J connectivity index is 2.54. The number of thiophene rings is 1. The fourth-order valence-electron chi connectivity index (χ4n) is 1.75. The zero-order valence-corrected chi connectivity index (χ0v) is 15.3. The number of nitrogens with two attached hydrogens (primary N) is 1. The normalized spacial score (nSPS) is 12.6. The van der Waals surface area contributed by atoms with Crippen molar-refractivity contribution < 1.29 is 22.0 Å². The van der Waals surface area contributed by atoms with Crippen molar-refractivity contribution in [3.63, 3.8) is 0 Å². The molecule has 0 radical (unpaired) electrons. The quantitative estimate of drug-likeness (QED) is 0.567. The van der Waals surface area contributed by atoms with Crippen LogP contribution in [-0.4, -0.2) is 39.9 Å². The molecule has 24 heavy (non-hydrogen) atoms. The van der Waals surface area contributed by atoms with Crippen LogP contribution in [0.5, 0.6) is 0 Å². The molecule has 0 aliphatic rings. The maximum absolute atomic E-state index is 13.0. The van der Waals surface area contributed by atoms with Crippen molar-refractivity contribution in [2.45, 2.75) is 36.8 Å². The van der Waals surface area contributed by atoms with E-state index in [4.69, 9.17) is 5.73 Å². The van der Waals surface area contributed by atoms with Gasteiger partial charge in [-0.15, -0.1) is 11.3 Å². The van der Waals surface area contributed by atoms with Gasteiger partial charge in [0.05, 0.1) is 13.1 Å². The van der Waals surface area contributed by atoms with E-state index < -0.39 is 29.0 Å². The number of hydrogen-bond acceptors (Lipinski definition) is 5. The summed E-state index contributed by atoms with van der Waals surface area (Å²) in [5.41, 5.74) is 4.87. The molecule has 0 saturated heterocycles. The number of hydrogen-bond donors (Lipinski definition) is 3. The summed E-state index contributed by atoms with van der Waals surface area (Å²) >= 11 is 0.986. The molecule has 1 aromatic rings. The van der Waals surface area contributed by atoms with E-state index in [0.717, 1.165) is 16.2 Å². The third kappa shape index (κ3) is 7.20. The maximum atomic E-state index is 13.0. The lowest BCUT2D eigenvalue weighted by molar-refractivity contribution is -0.121. The Morgan fingerprint density at radius 3 is 2.62 bits per heavy atom. The van der Waals surface area contributed by atoms with Gasteiger partial charge in [0.25, 0.3) is 5.92 Å². The summed E-state index contributed by atoms with van der Waals surface area (Å²) in [6, 6.07) is 2.97. The Bertz CT molecular complexity index is 645. The van der Waals surface area contributed by atoms with E-state index in [-0.39, 0.29) is 16.0 Å². The van der Waals surface area contributed by atoms with E-state index in [1.54, 1.807) is 6.07 Å². The Kier molecular flexibility index (Phi) is 7.71. The number of carbonyl (C=O) groups is 1. The second kappa shape index (κ2) is 8.84. The molecular formula is C14H23F2N3O3S2. The largest absolute Gasteiger partial charge is 0.356 e. The van der Waals surface area contributed by atoms with Gasteiger partial charge in [0, 0.05) is 17.8 Å². The van der Waals surface area contributed by atoms with Crippen molar-refractivity contribution in [3.8, 4) is 0 Å². The number of nitrogens with one attached hydrogen (secondary N) is 2. The lowest BCUT2D eigenvalue weighted by Crippen LogP contribution is -2.41. The smallest absolute Gasteiger partial charge is 0.273 e. The SMILES string of the molecule is CC(C)CC(=O)NCCc1ccc(S(=O)(=O)NCC(F)(F)CN)s1. The minimum Gasteiger partial charge on any atom is -0.356 e. The molecule has 0 bridgehead atoms. The lowest BCUT2D eigenvalue weighted by atomic mass is 10.1. The predicted octanol–water partition coefficient (Wildman–Crippen LogP) is 1.33. The number of carbonyl (C=O) groups excluding carboxylic acids is 1. The topological polar surface area (TPSA) is 101 Å². The summed E-state index contributed by atoms with van der Waals surface area (Å²) in [6.45, 7) is 2.31. The Labute approximate surface area is 144 Å². The van der Waals surface area contributed by atoms with Crippen LogP contribution < -0.4 is 15.8 Å². The van der Waals surface area contributed by atoms with Crippen LogP contribution in [0.2, 0.25) is 0 Å². The highest BCUT2D eigenvalue weighted by Crippen LogP contribution is 2.22. The molecule has 4 N–H and O–H groups in total. The van der Waals surface area contributed by atoms with E-state index >= 15 is 0 Å². The van der Waals surface area contributed by atoms with Crippen LogP contribution in [-0.2, 0) is 21.2 Å². The first-order chi connectivity index (χ1) is 11.1.